The van der Waals surface area contributed by atoms with Gasteiger partial charge in [-0.25, -0.2) is 4.98 Å². The van der Waals surface area contributed by atoms with Gasteiger partial charge in [-0.3, -0.25) is 0 Å². The summed E-state index contributed by atoms with van der Waals surface area (Å²) in [5.74, 6) is 2.50. The minimum absolute atomic E-state index is 0.0492. The molecule has 1 aromatic rings. The smallest absolute Gasteiger partial charge is 0.127 e. The number of nitrogens with zero attached hydrogens (tertiary/aromatic N) is 2. The molecule has 0 spiro atoms. The van der Waals surface area contributed by atoms with Gasteiger partial charge in [-0.15, -0.1) is 0 Å². The molecule has 18 heavy (non-hydrogen) atoms. The van der Waals surface area contributed by atoms with E-state index in [0.717, 1.165) is 43.1 Å². The normalized spacial score (nSPS) is 12.4. The molecule has 2 N–H and O–H groups in total. The van der Waals surface area contributed by atoms with Gasteiger partial charge in [-0.05, 0) is 19.3 Å². The third-order valence-corrected chi connectivity index (χ3v) is 3.53. The summed E-state index contributed by atoms with van der Waals surface area (Å²) < 4.78 is 2.22. The molecular formula is C15H29N3. The van der Waals surface area contributed by atoms with Crippen LogP contribution in [0.25, 0.3) is 0 Å². The van der Waals surface area contributed by atoms with Crippen molar-refractivity contribution in [3.05, 3.63) is 11.5 Å². The van der Waals surface area contributed by atoms with Crippen LogP contribution in [0.4, 0.5) is 5.82 Å². The van der Waals surface area contributed by atoms with Gasteiger partial charge in [0, 0.05) is 17.9 Å². The molecule has 0 aliphatic rings. The minimum Gasteiger partial charge on any atom is -0.384 e. The Hall–Kier alpha value is -0.990. The van der Waals surface area contributed by atoms with Crippen molar-refractivity contribution in [2.45, 2.75) is 78.7 Å². The number of rotatable bonds is 5. The van der Waals surface area contributed by atoms with Crippen molar-refractivity contribution in [3.63, 3.8) is 0 Å². The van der Waals surface area contributed by atoms with Gasteiger partial charge < -0.3 is 10.3 Å². The average Bonchev–Trinajstić information content (AvgIpc) is 2.60. The van der Waals surface area contributed by atoms with E-state index in [1.165, 1.54) is 0 Å². The largest absolute Gasteiger partial charge is 0.384 e. The first-order chi connectivity index (χ1) is 8.36. The molecule has 0 saturated carbocycles. The number of nitrogen functional groups attached to an aromatic ring is 1. The third-order valence-electron chi connectivity index (χ3n) is 3.53. The zero-order chi connectivity index (χ0) is 13.9. The van der Waals surface area contributed by atoms with Crippen LogP contribution in [0, 0.1) is 0 Å². The van der Waals surface area contributed by atoms with E-state index >= 15 is 0 Å². The van der Waals surface area contributed by atoms with Gasteiger partial charge in [0.05, 0.1) is 5.69 Å². The maximum absolute atomic E-state index is 6.34. The summed E-state index contributed by atoms with van der Waals surface area (Å²) in [5.41, 5.74) is 7.50. The van der Waals surface area contributed by atoms with Crippen LogP contribution in [0.3, 0.4) is 0 Å². The van der Waals surface area contributed by atoms with E-state index in [0.29, 0.717) is 5.92 Å². The Morgan fingerprint density at radius 3 is 2.11 bits per heavy atom. The predicted molar refractivity (Wildman–Crippen MR) is 79.0 cm³/mol. The summed E-state index contributed by atoms with van der Waals surface area (Å²) in [4.78, 5) is 4.88. The van der Waals surface area contributed by atoms with Crippen molar-refractivity contribution in [1.82, 2.24) is 9.55 Å². The van der Waals surface area contributed by atoms with E-state index in [1.807, 2.05) is 0 Å². The van der Waals surface area contributed by atoms with Crippen LogP contribution in [0.1, 0.15) is 78.2 Å². The van der Waals surface area contributed by atoms with E-state index in [9.17, 15) is 0 Å². The first kappa shape index (κ1) is 15.1. The molecule has 3 nitrogen and oxygen atoms in total. The first-order valence-corrected chi connectivity index (χ1v) is 7.23. The average molecular weight is 251 g/mol. The molecule has 0 unspecified atom stereocenters. The monoisotopic (exact) mass is 251 g/mol. The Morgan fingerprint density at radius 2 is 1.72 bits per heavy atom. The summed E-state index contributed by atoms with van der Waals surface area (Å²) in [6, 6.07) is 0. The van der Waals surface area contributed by atoms with Crippen LogP contribution in [0.15, 0.2) is 0 Å². The molecule has 0 bridgehead atoms. The highest BCUT2D eigenvalue weighted by Gasteiger charge is 2.26. The molecule has 0 atom stereocenters. The summed E-state index contributed by atoms with van der Waals surface area (Å²) in [7, 11) is 0. The van der Waals surface area contributed by atoms with Crippen molar-refractivity contribution in [1.29, 1.82) is 0 Å². The van der Waals surface area contributed by atoms with Crippen LogP contribution in [0.2, 0.25) is 0 Å². The maximum Gasteiger partial charge on any atom is 0.127 e. The number of hydrogen-bond acceptors (Lipinski definition) is 2. The van der Waals surface area contributed by atoms with Gasteiger partial charge >= 0.3 is 0 Å². The molecule has 0 aromatic carbocycles. The maximum atomic E-state index is 6.34. The van der Waals surface area contributed by atoms with E-state index < -0.39 is 0 Å². The molecule has 3 heteroatoms. The van der Waals surface area contributed by atoms with Crippen molar-refractivity contribution >= 4 is 5.82 Å². The Bertz CT molecular complexity index is 381. The summed E-state index contributed by atoms with van der Waals surface area (Å²) >= 11 is 0. The Kier molecular flexibility index (Phi) is 4.83. The van der Waals surface area contributed by atoms with Crippen molar-refractivity contribution in [3.8, 4) is 0 Å². The van der Waals surface area contributed by atoms with Gasteiger partial charge in [0.15, 0.2) is 0 Å². The molecule has 1 rings (SSSR count). The molecule has 104 valence electrons. The fourth-order valence-corrected chi connectivity index (χ4v) is 2.48. The van der Waals surface area contributed by atoms with Gasteiger partial charge in [-0.1, -0.05) is 41.5 Å². The lowest BCUT2D eigenvalue weighted by atomic mass is 9.95. The highest BCUT2D eigenvalue weighted by atomic mass is 15.2. The molecule has 0 amide bonds. The van der Waals surface area contributed by atoms with Crippen LogP contribution in [-0.4, -0.2) is 9.55 Å². The zero-order valence-corrected chi connectivity index (χ0v) is 12.9. The van der Waals surface area contributed by atoms with E-state index in [1.54, 1.807) is 0 Å². The fourth-order valence-electron chi connectivity index (χ4n) is 2.48. The van der Waals surface area contributed by atoms with Crippen molar-refractivity contribution in [2.75, 3.05) is 5.73 Å². The Labute approximate surface area is 112 Å². The second-order valence-electron chi connectivity index (χ2n) is 6.12. The quantitative estimate of drug-likeness (QED) is 0.857. The predicted octanol–water partition coefficient (Wildman–Crippen LogP) is 4.08. The van der Waals surface area contributed by atoms with Crippen LogP contribution < -0.4 is 5.73 Å². The number of anilines is 1. The summed E-state index contributed by atoms with van der Waals surface area (Å²) in [6.07, 6.45) is 3.30. The zero-order valence-electron chi connectivity index (χ0n) is 12.9. The lowest BCUT2D eigenvalue weighted by molar-refractivity contribution is 0.496. The minimum atomic E-state index is 0.0492. The Morgan fingerprint density at radius 1 is 1.17 bits per heavy atom. The van der Waals surface area contributed by atoms with E-state index in [-0.39, 0.29) is 5.41 Å². The van der Waals surface area contributed by atoms with Crippen LogP contribution in [0.5, 0.6) is 0 Å². The lowest BCUT2D eigenvalue weighted by Crippen LogP contribution is -2.19. The second kappa shape index (κ2) is 5.77. The fraction of sp³-hybridized carbons (Fsp3) is 0.800. The molecule has 1 heterocycles. The van der Waals surface area contributed by atoms with E-state index in [4.69, 9.17) is 10.7 Å². The van der Waals surface area contributed by atoms with Gasteiger partial charge in [-0.2, -0.15) is 0 Å². The summed E-state index contributed by atoms with van der Waals surface area (Å²) in [5, 5.41) is 0. The molecule has 0 aliphatic carbocycles. The molecular weight excluding hydrogens is 222 g/mol. The highest BCUT2D eigenvalue weighted by molar-refractivity contribution is 5.42. The van der Waals surface area contributed by atoms with Gasteiger partial charge in [0.1, 0.15) is 11.6 Å². The van der Waals surface area contributed by atoms with Crippen LogP contribution in [-0.2, 0) is 12.0 Å². The highest BCUT2D eigenvalue weighted by Crippen LogP contribution is 2.32. The lowest BCUT2D eigenvalue weighted by Gasteiger charge is -2.19. The van der Waals surface area contributed by atoms with Gasteiger partial charge in [0.25, 0.3) is 0 Å². The Balaban J connectivity index is 3.31. The van der Waals surface area contributed by atoms with Crippen molar-refractivity contribution in [2.24, 2.45) is 0 Å². The number of imidazole rings is 1. The second-order valence-corrected chi connectivity index (χ2v) is 6.12. The molecule has 0 fully saturated rings. The van der Waals surface area contributed by atoms with E-state index in [2.05, 4.69) is 46.1 Å². The molecule has 1 aromatic heterocycles. The number of hydrogen-bond donors (Lipinski definition) is 1. The SMILES string of the molecule is CCCn1c(C(C)(C)C)nc(C(CC)CC)c1N. The standard InChI is InChI=1S/C15H29N3/c1-7-10-18-13(16)12(11(8-2)9-3)17-14(18)15(4,5)6/h11H,7-10,16H2,1-6H3. The topological polar surface area (TPSA) is 43.8 Å². The number of nitrogens with two attached hydrogens (primary N) is 1. The first-order valence-electron chi connectivity index (χ1n) is 7.23. The van der Waals surface area contributed by atoms with Crippen molar-refractivity contribution < 1.29 is 0 Å². The van der Waals surface area contributed by atoms with Crippen LogP contribution >= 0.6 is 0 Å². The molecule has 0 saturated heterocycles. The summed E-state index contributed by atoms with van der Waals surface area (Å²) in [6.45, 7) is 14.2. The third kappa shape index (κ3) is 2.88. The molecule has 0 aliphatic heterocycles. The van der Waals surface area contributed by atoms with Gasteiger partial charge in [0.2, 0.25) is 0 Å². The molecule has 0 radical (unpaired) electrons. The number of aromatic nitrogens is 2.